The van der Waals surface area contributed by atoms with Gasteiger partial charge in [-0.15, -0.1) is 10.2 Å². The van der Waals surface area contributed by atoms with Crippen LogP contribution in [0.2, 0.25) is 0 Å². The summed E-state index contributed by atoms with van der Waals surface area (Å²) < 4.78 is 7.00. The van der Waals surface area contributed by atoms with Crippen LogP contribution in [0, 0.1) is 0 Å². The molecule has 4 N–H and O–H groups in total. The van der Waals surface area contributed by atoms with E-state index in [-0.39, 0.29) is 17.8 Å². The summed E-state index contributed by atoms with van der Waals surface area (Å²) in [6.45, 7) is 9.02. The zero-order chi connectivity index (χ0) is 21.4. The molecule has 158 valence electrons. The van der Waals surface area contributed by atoms with Crippen LogP contribution in [0.15, 0.2) is 29.4 Å². The van der Waals surface area contributed by atoms with Crippen molar-refractivity contribution in [1.82, 2.24) is 25.5 Å². The van der Waals surface area contributed by atoms with Gasteiger partial charge in [-0.2, -0.15) is 0 Å². The van der Waals surface area contributed by atoms with Gasteiger partial charge in [0.25, 0.3) is 0 Å². The summed E-state index contributed by atoms with van der Waals surface area (Å²) in [7, 11) is 0. The third-order valence-electron chi connectivity index (χ3n) is 3.94. The second-order valence-electron chi connectivity index (χ2n) is 7.42. The fraction of sp³-hybridized carbons (Fsp3) is 0.474. The monoisotopic (exact) mass is 420 g/mol. The summed E-state index contributed by atoms with van der Waals surface area (Å²) in [5.74, 6) is 6.66. The molecule has 0 saturated carbocycles. The summed E-state index contributed by atoms with van der Waals surface area (Å²) in [6.07, 6.45) is 0.790. The Hall–Kier alpha value is -2.75. The number of hydrogen-bond acceptors (Lipinski definition) is 7. The predicted molar refractivity (Wildman–Crippen MR) is 112 cm³/mol. The molecule has 0 unspecified atom stereocenters. The number of nitrogens with one attached hydrogen (secondary N) is 2. The second kappa shape index (κ2) is 10.1. The number of nitrogen functional groups attached to an aromatic ring is 1. The van der Waals surface area contributed by atoms with Crippen LogP contribution in [-0.4, -0.2) is 39.1 Å². The highest BCUT2D eigenvalue weighted by Crippen LogP contribution is 2.24. The quantitative estimate of drug-likeness (QED) is 0.442. The minimum absolute atomic E-state index is 0.00992. The van der Waals surface area contributed by atoms with Crippen molar-refractivity contribution in [3.05, 3.63) is 35.7 Å². The zero-order valence-corrected chi connectivity index (χ0v) is 18.0. The van der Waals surface area contributed by atoms with Crippen LogP contribution < -0.4 is 21.2 Å². The molecule has 1 heterocycles. The van der Waals surface area contributed by atoms with Crippen molar-refractivity contribution < 1.29 is 14.3 Å². The van der Waals surface area contributed by atoms with E-state index in [1.807, 2.05) is 31.2 Å². The fourth-order valence-electron chi connectivity index (χ4n) is 2.28. The number of thioether (sulfide) groups is 1. The number of aromatic nitrogens is 3. The molecule has 0 aliphatic carbocycles. The molecule has 0 fully saturated rings. The van der Waals surface area contributed by atoms with E-state index in [1.54, 1.807) is 0 Å². The van der Waals surface area contributed by atoms with Crippen molar-refractivity contribution in [2.45, 2.75) is 51.3 Å². The number of nitrogens with two attached hydrogens (primary N) is 1. The largest absolute Gasteiger partial charge is 0.486 e. The van der Waals surface area contributed by atoms with Crippen molar-refractivity contribution in [2.24, 2.45) is 0 Å². The minimum atomic E-state index is -0.516. The number of hydrogen-bond donors (Lipinski definition) is 3. The van der Waals surface area contributed by atoms with Gasteiger partial charge in [0.2, 0.25) is 11.1 Å². The minimum Gasteiger partial charge on any atom is -0.486 e. The Morgan fingerprint density at radius 3 is 2.52 bits per heavy atom. The number of carbonyl (C=O) groups excluding carboxylic acids is 2. The van der Waals surface area contributed by atoms with Crippen LogP contribution in [0.25, 0.3) is 0 Å². The topological polar surface area (TPSA) is 124 Å². The van der Waals surface area contributed by atoms with E-state index < -0.39 is 11.9 Å². The van der Waals surface area contributed by atoms with E-state index in [0.717, 1.165) is 18.2 Å². The predicted octanol–water partition coefficient (Wildman–Crippen LogP) is 2.20. The Balaban J connectivity index is 1.84. The van der Waals surface area contributed by atoms with Gasteiger partial charge in [-0.05, 0) is 29.5 Å². The average Bonchev–Trinajstić information content (AvgIpc) is 3.02. The van der Waals surface area contributed by atoms with Gasteiger partial charge in [0.05, 0.1) is 5.75 Å². The number of amides is 3. The van der Waals surface area contributed by atoms with Gasteiger partial charge in [0, 0.05) is 6.54 Å². The third kappa shape index (κ3) is 6.97. The van der Waals surface area contributed by atoms with E-state index in [4.69, 9.17) is 10.6 Å². The number of imide groups is 1. The van der Waals surface area contributed by atoms with E-state index in [2.05, 4.69) is 41.6 Å². The second-order valence-corrected chi connectivity index (χ2v) is 8.37. The number of carbonyl (C=O) groups is 2. The van der Waals surface area contributed by atoms with Gasteiger partial charge in [0.15, 0.2) is 5.82 Å². The van der Waals surface area contributed by atoms with Crippen molar-refractivity contribution in [3.8, 4) is 5.75 Å². The van der Waals surface area contributed by atoms with Crippen molar-refractivity contribution >= 4 is 23.7 Å². The van der Waals surface area contributed by atoms with Crippen LogP contribution in [0.4, 0.5) is 4.79 Å². The fourth-order valence-corrected chi connectivity index (χ4v) is 2.95. The van der Waals surface area contributed by atoms with E-state index in [0.29, 0.717) is 23.3 Å². The maximum Gasteiger partial charge on any atom is 0.321 e. The molecule has 2 rings (SSSR count). The molecule has 0 atom stereocenters. The molecule has 10 heteroatoms. The van der Waals surface area contributed by atoms with Crippen molar-refractivity contribution in [1.29, 1.82) is 0 Å². The Morgan fingerprint density at radius 1 is 1.21 bits per heavy atom. The summed E-state index contributed by atoms with van der Waals surface area (Å²) in [4.78, 5) is 23.3. The van der Waals surface area contributed by atoms with Gasteiger partial charge in [0.1, 0.15) is 12.4 Å². The van der Waals surface area contributed by atoms with Crippen molar-refractivity contribution in [3.63, 3.8) is 0 Å². The zero-order valence-electron chi connectivity index (χ0n) is 17.2. The Morgan fingerprint density at radius 2 is 1.90 bits per heavy atom. The van der Waals surface area contributed by atoms with Gasteiger partial charge in [-0.25, -0.2) is 9.47 Å². The van der Waals surface area contributed by atoms with E-state index in [1.165, 1.54) is 10.2 Å². The molecule has 1 aromatic carbocycles. The molecular formula is C19H28N6O3S. The first-order valence-electron chi connectivity index (χ1n) is 9.34. The highest BCUT2D eigenvalue weighted by Gasteiger charge is 2.15. The van der Waals surface area contributed by atoms with Crippen LogP contribution in [-0.2, 0) is 16.8 Å². The number of nitrogens with zero attached hydrogens (tertiary/aromatic N) is 3. The first-order valence-corrected chi connectivity index (χ1v) is 10.3. The molecular weight excluding hydrogens is 392 g/mol. The molecule has 3 amide bonds. The Bertz CT molecular complexity index is 829. The number of benzene rings is 1. The first kappa shape index (κ1) is 22.5. The lowest BCUT2D eigenvalue weighted by atomic mass is 9.87. The number of ether oxygens (including phenoxy) is 1. The van der Waals surface area contributed by atoms with Gasteiger partial charge < -0.3 is 15.9 Å². The van der Waals surface area contributed by atoms with Crippen molar-refractivity contribution in [2.75, 3.05) is 18.1 Å². The normalized spacial score (nSPS) is 11.2. The van der Waals surface area contributed by atoms with Crippen LogP contribution >= 0.6 is 11.8 Å². The Labute approximate surface area is 174 Å². The highest BCUT2D eigenvalue weighted by atomic mass is 32.2. The molecule has 9 nitrogen and oxygen atoms in total. The molecule has 2 aromatic rings. The molecule has 0 aliphatic heterocycles. The molecule has 0 saturated heterocycles. The molecule has 0 radical (unpaired) electrons. The lowest BCUT2D eigenvalue weighted by Crippen LogP contribution is -2.40. The lowest BCUT2D eigenvalue weighted by Gasteiger charge is -2.19. The molecule has 1 aromatic heterocycles. The standard InChI is InChI=1S/C19H28N6O3S/c1-5-10-21-17(27)22-16(26)12-29-18-24-23-15(25(18)20)11-28-14-8-6-13(7-9-14)19(2,3)4/h6-9H,5,10-12,20H2,1-4H3,(H2,21,22,26,27). The third-order valence-corrected chi connectivity index (χ3v) is 4.89. The maximum atomic E-state index is 11.8. The SMILES string of the molecule is CCCNC(=O)NC(=O)CSc1nnc(COc2ccc(C(C)(C)C)cc2)n1N. The van der Waals surface area contributed by atoms with Gasteiger partial charge in [-0.1, -0.05) is 51.6 Å². The average molecular weight is 421 g/mol. The van der Waals surface area contributed by atoms with Gasteiger partial charge >= 0.3 is 6.03 Å². The van der Waals surface area contributed by atoms with E-state index >= 15 is 0 Å². The first-order chi connectivity index (χ1) is 13.7. The Kier molecular flexibility index (Phi) is 7.89. The molecule has 0 bridgehead atoms. The van der Waals surface area contributed by atoms with Crippen LogP contribution in [0.5, 0.6) is 5.75 Å². The van der Waals surface area contributed by atoms with Gasteiger partial charge in [-0.3, -0.25) is 10.1 Å². The molecule has 0 aliphatic rings. The summed E-state index contributed by atoms with van der Waals surface area (Å²) in [6, 6.07) is 7.35. The summed E-state index contributed by atoms with van der Waals surface area (Å²) in [5, 5.41) is 13.1. The highest BCUT2D eigenvalue weighted by molar-refractivity contribution is 7.99. The smallest absolute Gasteiger partial charge is 0.321 e. The van der Waals surface area contributed by atoms with Crippen LogP contribution in [0.1, 0.15) is 45.5 Å². The maximum absolute atomic E-state index is 11.8. The van der Waals surface area contributed by atoms with Crippen LogP contribution in [0.3, 0.4) is 0 Å². The summed E-state index contributed by atoms with van der Waals surface area (Å²) in [5.41, 5.74) is 1.29. The number of rotatable bonds is 8. The lowest BCUT2D eigenvalue weighted by molar-refractivity contribution is -0.117. The molecule has 0 spiro atoms. The molecule has 29 heavy (non-hydrogen) atoms. The summed E-state index contributed by atoms with van der Waals surface area (Å²) >= 11 is 1.08. The van der Waals surface area contributed by atoms with E-state index in [9.17, 15) is 9.59 Å². The number of urea groups is 1.